The van der Waals surface area contributed by atoms with E-state index in [1.807, 2.05) is 13.0 Å². The van der Waals surface area contributed by atoms with Gasteiger partial charge in [0.2, 0.25) is 16.0 Å². The molecule has 0 aliphatic carbocycles. The Morgan fingerprint density at radius 2 is 1.88 bits per heavy atom. The number of rotatable bonds is 7. The van der Waals surface area contributed by atoms with Crippen LogP contribution in [0, 0.1) is 6.92 Å². The van der Waals surface area contributed by atoms with Crippen molar-refractivity contribution in [3.63, 3.8) is 0 Å². The molecule has 1 fully saturated rings. The number of nitrogens with one attached hydrogen (secondary N) is 2. The second kappa shape index (κ2) is 8.20. The number of hydrogen-bond acceptors (Lipinski definition) is 6. The maximum Gasteiger partial charge on any atom is 0.242 e. The minimum Gasteiger partial charge on any atom is -0.356 e. The van der Waals surface area contributed by atoms with Crippen molar-refractivity contribution in [1.29, 1.82) is 0 Å². The van der Waals surface area contributed by atoms with Crippen molar-refractivity contribution >= 4 is 33.4 Å². The zero-order valence-electron chi connectivity index (χ0n) is 14.6. The van der Waals surface area contributed by atoms with Gasteiger partial charge in [-0.05, 0) is 31.9 Å². The molecular formula is C17H22ClN5O2S. The summed E-state index contributed by atoms with van der Waals surface area (Å²) in [6.45, 7) is 4.50. The number of aryl methyl sites for hydroxylation is 1. The van der Waals surface area contributed by atoms with Crippen molar-refractivity contribution in [2.75, 3.05) is 36.4 Å². The SMILES string of the molecule is Cc1cc(N2CCCC2)nc(NCCNS(=O)(=O)c2ccccc2Cl)n1. The van der Waals surface area contributed by atoms with Gasteiger partial charge in [0.15, 0.2) is 0 Å². The molecule has 140 valence electrons. The summed E-state index contributed by atoms with van der Waals surface area (Å²) in [6.07, 6.45) is 2.35. The van der Waals surface area contributed by atoms with Crippen LogP contribution >= 0.6 is 11.6 Å². The zero-order chi connectivity index (χ0) is 18.6. The van der Waals surface area contributed by atoms with E-state index in [0.29, 0.717) is 12.5 Å². The summed E-state index contributed by atoms with van der Waals surface area (Å²) < 4.78 is 27.1. The highest BCUT2D eigenvalue weighted by atomic mass is 35.5. The van der Waals surface area contributed by atoms with Gasteiger partial charge in [-0.1, -0.05) is 23.7 Å². The quantitative estimate of drug-likeness (QED) is 0.700. The van der Waals surface area contributed by atoms with Gasteiger partial charge in [-0.25, -0.2) is 18.1 Å². The molecule has 0 saturated carbocycles. The third-order valence-corrected chi connectivity index (χ3v) is 6.06. The summed E-state index contributed by atoms with van der Waals surface area (Å²) in [5, 5.41) is 3.28. The van der Waals surface area contributed by atoms with Gasteiger partial charge in [0.1, 0.15) is 10.7 Å². The smallest absolute Gasteiger partial charge is 0.242 e. The van der Waals surface area contributed by atoms with Crippen molar-refractivity contribution in [3.8, 4) is 0 Å². The third-order valence-electron chi connectivity index (χ3n) is 4.10. The Labute approximate surface area is 158 Å². The molecule has 1 aliphatic rings. The Bertz CT molecular complexity index is 869. The molecule has 7 nitrogen and oxygen atoms in total. The zero-order valence-corrected chi connectivity index (χ0v) is 16.1. The molecule has 0 amide bonds. The fraction of sp³-hybridized carbons (Fsp3) is 0.412. The highest BCUT2D eigenvalue weighted by molar-refractivity contribution is 7.89. The van der Waals surface area contributed by atoms with Crippen molar-refractivity contribution in [3.05, 3.63) is 41.0 Å². The molecule has 26 heavy (non-hydrogen) atoms. The van der Waals surface area contributed by atoms with E-state index in [4.69, 9.17) is 11.6 Å². The van der Waals surface area contributed by atoms with Crippen LogP contribution in [-0.2, 0) is 10.0 Å². The maximum absolute atomic E-state index is 12.3. The predicted octanol–water partition coefficient (Wildman–Crippen LogP) is 2.43. The van der Waals surface area contributed by atoms with Crippen LogP contribution in [0.3, 0.4) is 0 Å². The van der Waals surface area contributed by atoms with E-state index >= 15 is 0 Å². The lowest BCUT2D eigenvalue weighted by Crippen LogP contribution is -2.29. The number of anilines is 2. The van der Waals surface area contributed by atoms with E-state index in [0.717, 1.165) is 24.6 Å². The molecule has 1 saturated heterocycles. The number of sulfonamides is 1. The molecule has 0 atom stereocenters. The molecule has 0 unspecified atom stereocenters. The standard InChI is InChI=1S/C17H22ClN5O2S/c1-13-12-16(23-10-4-5-11-23)22-17(21-13)19-8-9-20-26(24,25)15-7-3-2-6-14(15)18/h2-3,6-7,12,20H,4-5,8-11H2,1H3,(H,19,21,22). The molecule has 0 bridgehead atoms. The first-order valence-corrected chi connectivity index (χ1v) is 10.4. The fourth-order valence-corrected chi connectivity index (χ4v) is 4.39. The highest BCUT2D eigenvalue weighted by Crippen LogP contribution is 2.21. The molecule has 3 rings (SSSR count). The van der Waals surface area contributed by atoms with Gasteiger partial charge >= 0.3 is 0 Å². The molecule has 9 heteroatoms. The van der Waals surface area contributed by atoms with E-state index in [1.165, 1.54) is 18.9 Å². The van der Waals surface area contributed by atoms with Gasteiger partial charge in [-0.15, -0.1) is 0 Å². The lowest BCUT2D eigenvalue weighted by atomic mass is 10.4. The van der Waals surface area contributed by atoms with Crippen LogP contribution in [0.25, 0.3) is 0 Å². The Balaban J connectivity index is 1.57. The number of nitrogens with zero attached hydrogens (tertiary/aromatic N) is 3. The summed E-state index contributed by atoms with van der Waals surface area (Å²) in [5.74, 6) is 1.41. The van der Waals surface area contributed by atoms with Gasteiger partial charge < -0.3 is 10.2 Å². The molecule has 2 aromatic rings. The molecule has 2 N–H and O–H groups in total. The van der Waals surface area contributed by atoms with Gasteiger partial charge in [-0.2, -0.15) is 4.98 Å². The Morgan fingerprint density at radius 3 is 2.62 bits per heavy atom. The Morgan fingerprint density at radius 1 is 1.15 bits per heavy atom. The number of halogens is 1. The number of benzene rings is 1. The summed E-state index contributed by atoms with van der Waals surface area (Å²) >= 11 is 5.96. The predicted molar refractivity (Wildman–Crippen MR) is 103 cm³/mol. The first kappa shape index (κ1) is 18.9. The molecule has 2 heterocycles. The van der Waals surface area contributed by atoms with E-state index in [1.54, 1.807) is 18.2 Å². The molecule has 1 aliphatic heterocycles. The van der Waals surface area contributed by atoms with Crippen molar-refractivity contribution in [2.24, 2.45) is 0 Å². The first-order valence-electron chi connectivity index (χ1n) is 8.54. The van der Waals surface area contributed by atoms with E-state index < -0.39 is 10.0 Å². The molecular weight excluding hydrogens is 374 g/mol. The summed E-state index contributed by atoms with van der Waals surface area (Å²) in [4.78, 5) is 11.2. The van der Waals surface area contributed by atoms with Crippen molar-refractivity contribution in [1.82, 2.24) is 14.7 Å². The number of hydrogen-bond donors (Lipinski definition) is 2. The average molecular weight is 396 g/mol. The molecule has 0 radical (unpaired) electrons. The summed E-state index contributed by atoms with van der Waals surface area (Å²) in [5.41, 5.74) is 0.876. The topological polar surface area (TPSA) is 87.2 Å². The highest BCUT2D eigenvalue weighted by Gasteiger charge is 2.17. The lowest BCUT2D eigenvalue weighted by Gasteiger charge is -2.17. The van der Waals surface area contributed by atoms with Crippen LogP contribution in [0.2, 0.25) is 5.02 Å². The molecule has 1 aromatic carbocycles. The second-order valence-corrected chi connectivity index (χ2v) is 8.28. The third kappa shape index (κ3) is 4.63. The minimum atomic E-state index is -3.65. The minimum absolute atomic E-state index is 0.0739. The van der Waals surface area contributed by atoms with Gasteiger partial charge in [0, 0.05) is 37.9 Å². The van der Waals surface area contributed by atoms with Crippen LogP contribution in [0.4, 0.5) is 11.8 Å². The fourth-order valence-electron chi connectivity index (χ4n) is 2.84. The van der Waals surface area contributed by atoms with Crippen molar-refractivity contribution < 1.29 is 8.42 Å². The van der Waals surface area contributed by atoms with Crippen LogP contribution in [-0.4, -0.2) is 44.6 Å². The largest absolute Gasteiger partial charge is 0.356 e. The van der Waals surface area contributed by atoms with Crippen LogP contribution in [0.15, 0.2) is 35.2 Å². The number of aromatic nitrogens is 2. The average Bonchev–Trinajstić information content (AvgIpc) is 3.13. The van der Waals surface area contributed by atoms with Crippen LogP contribution in [0.1, 0.15) is 18.5 Å². The summed E-state index contributed by atoms with van der Waals surface area (Å²) in [7, 11) is -3.65. The van der Waals surface area contributed by atoms with Gasteiger partial charge in [-0.3, -0.25) is 0 Å². The molecule has 1 aromatic heterocycles. The van der Waals surface area contributed by atoms with Crippen molar-refractivity contribution in [2.45, 2.75) is 24.7 Å². The Kier molecular flexibility index (Phi) is 5.95. The monoisotopic (exact) mass is 395 g/mol. The van der Waals surface area contributed by atoms with E-state index in [9.17, 15) is 8.42 Å². The van der Waals surface area contributed by atoms with E-state index in [-0.39, 0.29) is 16.5 Å². The Hall–Kier alpha value is -1.90. The van der Waals surface area contributed by atoms with E-state index in [2.05, 4.69) is 24.9 Å². The van der Waals surface area contributed by atoms with Crippen LogP contribution in [0.5, 0.6) is 0 Å². The maximum atomic E-state index is 12.3. The second-order valence-electron chi connectivity index (χ2n) is 6.14. The van der Waals surface area contributed by atoms with Crippen LogP contribution < -0.4 is 14.9 Å². The summed E-state index contributed by atoms with van der Waals surface area (Å²) in [6, 6.07) is 8.32. The molecule has 0 spiro atoms. The van der Waals surface area contributed by atoms with Gasteiger partial charge in [0.05, 0.1) is 5.02 Å². The normalized spacial score (nSPS) is 14.6. The first-order chi connectivity index (χ1) is 12.5. The lowest BCUT2D eigenvalue weighted by molar-refractivity contribution is 0.583. The van der Waals surface area contributed by atoms with Gasteiger partial charge in [0.25, 0.3) is 0 Å².